The van der Waals surface area contributed by atoms with E-state index in [1.807, 2.05) is 50.2 Å². The van der Waals surface area contributed by atoms with Gasteiger partial charge in [0.1, 0.15) is 4.83 Å². The van der Waals surface area contributed by atoms with Crippen molar-refractivity contribution < 1.29 is 4.79 Å². The van der Waals surface area contributed by atoms with Crippen LogP contribution in [0.2, 0.25) is 0 Å². The van der Waals surface area contributed by atoms with Crippen LogP contribution in [0, 0.1) is 0 Å². The molecular formula is C24H28N4O2S2. The third-order valence-electron chi connectivity index (χ3n) is 5.47. The Hall–Kier alpha value is -2.58. The van der Waals surface area contributed by atoms with Gasteiger partial charge < -0.3 is 10.2 Å². The lowest BCUT2D eigenvalue weighted by Crippen LogP contribution is -2.25. The van der Waals surface area contributed by atoms with Gasteiger partial charge in [0, 0.05) is 36.9 Å². The summed E-state index contributed by atoms with van der Waals surface area (Å²) in [6.45, 7) is 6.29. The van der Waals surface area contributed by atoms with E-state index in [1.165, 1.54) is 22.2 Å². The number of benzene rings is 1. The number of hydrogen-bond acceptors (Lipinski definition) is 6. The third kappa shape index (κ3) is 4.76. The Morgan fingerprint density at radius 1 is 1.25 bits per heavy atom. The summed E-state index contributed by atoms with van der Waals surface area (Å²) >= 11 is 2.93. The number of anilines is 2. The minimum absolute atomic E-state index is 0.0143. The summed E-state index contributed by atoms with van der Waals surface area (Å²) in [6, 6.07) is 7.69. The van der Waals surface area contributed by atoms with Gasteiger partial charge in [0.05, 0.1) is 11.1 Å². The molecule has 0 fully saturated rings. The molecular weight excluding hydrogens is 440 g/mol. The van der Waals surface area contributed by atoms with Crippen LogP contribution in [0.1, 0.15) is 30.2 Å². The molecule has 2 aromatic heterocycles. The Kier molecular flexibility index (Phi) is 6.71. The van der Waals surface area contributed by atoms with Crippen molar-refractivity contribution in [3.8, 4) is 0 Å². The molecule has 6 nitrogen and oxygen atoms in total. The maximum atomic E-state index is 13.4. The Labute approximate surface area is 196 Å². The minimum atomic E-state index is -0.130. The molecule has 0 unspecified atom stereocenters. The van der Waals surface area contributed by atoms with Crippen LogP contribution in [0.25, 0.3) is 10.2 Å². The van der Waals surface area contributed by atoms with E-state index in [9.17, 15) is 9.59 Å². The van der Waals surface area contributed by atoms with E-state index in [-0.39, 0.29) is 17.2 Å². The summed E-state index contributed by atoms with van der Waals surface area (Å²) in [6.07, 6.45) is 4.25. The van der Waals surface area contributed by atoms with Crippen LogP contribution in [0.15, 0.2) is 46.4 Å². The smallest absolute Gasteiger partial charge is 0.263 e. The predicted molar refractivity (Wildman–Crippen MR) is 135 cm³/mol. The van der Waals surface area contributed by atoms with Crippen molar-refractivity contribution in [3.63, 3.8) is 0 Å². The molecule has 0 spiro atoms. The molecule has 3 aromatic rings. The van der Waals surface area contributed by atoms with Gasteiger partial charge in [-0.05, 0) is 62.4 Å². The first-order valence-electron chi connectivity index (χ1n) is 10.7. The molecule has 1 amide bonds. The van der Waals surface area contributed by atoms with Crippen molar-refractivity contribution in [2.75, 3.05) is 30.1 Å². The zero-order chi connectivity index (χ0) is 22.8. The van der Waals surface area contributed by atoms with Crippen LogP contribution in [0.5, 0.6) is 0 Å². The number of rotatable bonds is 7. The van der Waals surface area contributed by atoms with Crippen molar-refractivity contribution in [2.45, 2.75) is 44.3 Å². The molecule has 1 aliphatic rings. The largest absolute Gasteiger partial charge is 0.378 e. The standard InChI is InChI=1S/C24H28N4O2S2/c1-15(2)13-28-23(30)21-18-7-5-6-8-19(18)32-22(21)26-24(28)31-14-20(29)25-16-9-11-17(12-10-16)27(3)4/h9-12H,1,5-8,13-14H2,2-4H3,(H,25,29). The fourth-order valence-corrected chi connectivity index (χ4v) is 6.01. The summed E-state index contributed by atoms with van der Waals surface area (Å²) in [4.78, 5) is 34.9. The second-order valence-electron chi connectivity index (χ2n) is 8.41. The summed E-state index contributed by atoms with van der Waals surface area (Å²) in [5.74, 6) is 0.0450. The third-order valence-corrected chi connectivity index (χ3v) is 7.63. The molecule has 32 heavy (non-hydrogen) atoms. The maximum Gasteiger partial charge on any atom is 0.263 e. The Bertz CT molecular complexity index is 1230. The Balaban J connectivity index is 1.56. The number of aryl methyl sites for hydroxylation is 2. The van der Waals surface area contributed by atoms with E-state index in [1.54, 1.807) is 15.9 Å². The van der Waals surface area contributed by atoms with E-state index in [0.29, 0.717) is 11.7 Å². The van der Waals surface area contributed by atoms with Crippen molar-refractivity contribution in [3.05, 3.63) is 57.2 Å². The van der Waals surface area contributed by atoms with Crippen LogP contribution in [0.3, 0.4) is 0 Å². The lowest BCUT2D eigenvalue weighted by Gasteiger charge is -2.14. The minimum Gasteiger partial charge on any atom is -0.378 e. The second kappa shape index (κ2) is 9.50. The molecule has 1 aromatic carbocycles. The summed E-state index contributed by atoms with van der Waals surface area (Å²) in [5, 5.41) is 4.26. The molecule has 0 aliphatic heterocycles. The zero-order valence-corrected chi connectivity index (χ0v) is 20.4. The lowest BCUT2D eigenvalue weighted by atomic mass is 9.97. The molecule has 1 aliphatic carbocycles. The molecule has 168 valence electrons. The highest BCUT2D eigenvalue weighted by Gasteiger charge is 2.22. The monoisotopic (exact) mass is 468 g/mol. The Morgan fingerprint density at radius 2 is 1.97 bits per heavy atom. The van der Waals surface area contributed by atoms with Crippen LogP contribution in [-0.2, 0) is 24.2 Å². The SMILES string of the molecule is C=C(C)Cn1c(SCC(=O)Nc2ccc(N(C)C)cc2)nc2sc3c(c2c1=O)CCCC3. The normalized spacial score (nSPS) is 13.1. The van der Waals surface area contributed by atoms with Crippen LogP contribution >= 0.6 is 23.1 Å². The van der Waals surface area contributed by atoms with Gasteiger partial charge in [0.15, 0.2) is 5.16 Å². The van der Waals surface area contributed by atoms with Gasteiger partial charge in [0.25, 0.3) is 5.56 Å². The topological polar surface area (TPSA) is 67.2 Å². The highest BCUT2D eigenvalue weighted by Crippen LogP contribution is 2.34. The number of carbonyl (C=O) groups is 1. The van der Waals surface area contributed by atoms with Crippen LogP contribution in [-0.4, -0.2) is 35.3 Å². The van der Waals surface area contributed by atoms with Crippen molar-refractivity contribution in [1.29, 1.82) is 0 Å². The van der Waals surface area contributed by atoms with Crippen LogP contribution in [0.4, 0.5) is 11.4 Å². The molecule has 0 saturated heterocycles. The van der Waals surface area contributed by atoms with Gasteiger partial charge in [-0.25, -0.2) is 4.98 Å². The fraction of sp³-hybridized carbons (Fsp3) is 0.375. The summed E-state index contributed by atoms with van der Waals surface area (Å²) in [5.41, 5.74) is 3.86. The number of thioether (sulfide) groups is 1. The van der Waals surface area contributed by atoms with Crippen LogP contribution < -0.4 is 15.8 Å². The lowest BCUT2D eigenvalue weighted by molar-refractivity contribution is -0.113. The first-order chi connectivity index (χ1) is 15.3. The fourth-order valence-electron chi connectivity index (χ4n) is 3.91. The first kappa shape index (κ1) is 22.6. The number of allylic oxidation sites excluding steroid dienone is 1. The number of nitrogens with one attached hydrogen (secondary N) is 1. The van der Waals surface area contributed by atoms with Gasteiger partial charge in [-0.3, -0.25) is 14.2 Å². The van der Waals surface area contributed by atoms with Gasteiger partial charge in [0.2, 0.25) is 5.91 Å². The predicted octanol–water partition coefficient (Wildman–Crippen LogP) is 4.71. The number of fused-ring (bicyclic) bond motifs is 3. The van der Waals surface area contributed by atoms with Gasteiger partial charge in [-0.1, -0.05) is 23.9 Å². The number of hydrogen-bond donors (Lipinski definition) is 1. The quantitative estimate of drug-likeness (QED) is 0.309. The molecule has 4 rings (SSSR count). The van der Waals surface area contributed by atoms with E-state index in [0.717, 1.165) is 52.8 Å². The molecule has 2 heterocycles. The molecule has 8 heteroatoms. The van der Waals surface area contributed by atoms with Crippen molar-refractivity contribution >= 4 is 50.6 Å². The average Bonchev–Trinajstić information content (AvgIpc) is 3.13. The molecule has 0 bridgehead atoms. The number of nitrogens with zero attached hydrogens (tertiary/aromatic N) is 3. The molecule has 0 atom stereocenters. The molecule has 0 saturated carbocycles. The number of carbonyl (C=O) groups excluding carboxylic acids is 1. The number of aromatic nitrogens is 2. The molecule has 0 radical (unpaired) electrons. The second-order valence-corrected chi connectivity index (χ2v) is 10.4. The van der Waals surface area contributed by atoms with E-state index in [2.05, 4.69) is 11.9 Å². The highest BCUT2D eigenvalue weighted by atomic mass is 32.2. The van der Waals surface area contributed by atoms with E-state index in [4.69, 9.17) is 4.98 Å². The first-order valence-corrected chi connectivity index (χ1v) is 12.5. The Morgan fingerprint density at radius 3 is 2.66 bits per heavy atom. The molecule has 1 N–H and O–H groups in total. The van der Waals surface area contributed by atoms with Gasteiger partial charge in [-0.2, -0.15) is 0 Å². The van der Waals surface area contributed by atoms with E-state index < -0.39 is 0 Å². The van der Waals surface area contributed by atoms with Crippen molar-refractivity contribution in [2.24, 2.45) is 0 Å². The number of thiophene rings is 1. The highest BCUT2D eigenvalue weighted by molar-refractivity contribution is 7.99. The van der Waals surface area contributed by atoms with Gasteiger partial charge >= 0.3 is 0 Å². The van der Waals surface area contributed by atoms with E-state index >= 15 is 0 Å². The van der Waals surface area contributed by atoms with Gasteiger partial charge in [-0.15, -0.1) is 11.3 Å². The average molecular weight is 469 g/mol. The maximum absolute atomic E-state index is 13.4. The van der Waals surface area contributed by atoms with Crippen molar-refractivity contribution in [1.82, 2.24) is 9.55 Å². The summed E-state index contributed by atoms with van der Waals surface area (Å²) < 4.78 is 1.68. The summed E-state index contributed by atoms with van der Waals surface area (Å²) in [7, 11) is 3.95. The zero-order valence-electron chi connectivity index (χ0n) is 18.7. The number of amides is 1.